The fourth-order valence-corrected chi connectivity index (χ4v) is 2.39. The SMILES string of the molecule is CCOC(=O)CCc1c(C(=O)OCC)[nH]c(COC(C)=O)c1C(C)=O. The molecule has 138 valence electrons. The Morgan fingerprint density at radius 1 is 0.960 bits per heavy atom. The van der Waals surface area contributed by atoms with Crippen LogP contribution in [0.3, 0.4) is 0 Å². The van der Waals surface area contributed by atoms with E-state index < -0.39 is 17.9 Å². The molecule has 0 fully saturated rings. The van der Waals surface area contributed by atoms with Gasteiger partial charge in [0.05, 0.1) is 18.9 Å². The van der Waals surface area contributed by atoms with Gasteiger partial charge in [-0.15, -0.1) is 0 Å². The predicted octanol–water partition coefficient (Wildman–Crippen LogP) is 1.95. The number of carbonyl (C=O) groups is 4. The molecule has 0 unspecified atom stereocenters. The molecule has 0 aromatic carbocycles. The molecule has 1 aromatic heterocycles. The highest BCUT2D eigenvalue weighted by Crippen LogP contribution is 2.24. The number of H-pyrrole nitrogens is 1. The molecule has 25 heavy (non-hydrogen) atoms. The molecule has 1 N–H and O–H groups in total. The van der Waals surface area contributed by atoms with Crippen molar-refractivity contribution in [3.8, 4) is 0 Å². The highest BCUT2D eigenvalue weighted by atomic mass is 16.5. The first kappa shape index (κ1) is 20.4. The number of aromatic nitrogens is 1. The summed E-state index contributed by atoms with van der Waals surface area (Å²) in [5, 5.41) is 0. The fraction of sp³-hybridized carbons (Fsp3) is 0.529. The Labute approximate surface area is 145 Å². The summed E-state index contributed by atoms with van der Waals surface area (Å²) in [5.41, 5.74) is 0.970. The first-order valence-corrected chi connectivity index (χ1v) is 8.02. The van der Waals surface area contributed by atoms with Crippen molar-refractivity contribution in [1.82, 2.24) is 4.98 Å². The van der Waals surface area contributed by atoms with Gasteiger partial charge < -0.3 is 19.2 Å². The number of hydrogen-bond donors (Lipinski definition) is 1. The zero-order valence-corrected chi connectivity index (χ0v) is 14.9. The first-order chi connectivity index (χ1) is 11.8. The molecule has 8 heteroatoms. The number of ether oxygens (including phenoxy) is 3. The van der Waals surface area contributed by atoms with Gasteiger partial charge in [0.25, 0.3) is 0 Å². The van der Waals surface area contributed by atoms with Crippen molar-refractivity contribution < 1.29 is 33.4 Å². The smallest absolute Gasteiger partial charge is 0.355 e. The van der Waals surface area contributed by atoms with E-state index in [0.717, 1.165) is 0 Å². The Kier molecular flexibility index (Phi) is 7.84. The minimum absolute atomic E-state index is 0.00534. The zero-order valence-electron chi connectivity index (χ0n) is 14.9. The van der Waals surface area contributed by atoms with Crippen molar-refractivity contribution in [2.24, 2.45) is 0 Å². The van der Waals surface area contributed by atoms with Crippen LogP contribution in [0.5, 0.6) is 0 Å². The lowest BCUT2D eigenvalue weighted by molar-refractivity contribution is -0.143. The summed E-state index contributed by atoms with van der Waals surface area (Å²) in [4.78, 5) is 49.7. The quantitative estimate of drug-likeness (QED) is 0.410. The third kappa shape index (κ3) is 5.74. The van der Waals surface area contributed by atoms with E-state index in [4.69, 9.17) is 14.2 Å². The number of rotatable bonds is 9. The Balaban J connectivity index is 3.25. The molecule has 0 amide bonds. The van der Waals surface area contributed by atoms with Gasteiger partial charge >= 0.3 is 17.9 Å². The van der Waals surface area contributed by atoms with E-state index in [1.165, 1.54) is 13.8 Å². The average molecular weight is 353 g/mol. The van der Waals surface area contributed by atoms with Crippen LogP contribution >= 0.6 is 0 Å². The van der Waals surface area contributed by atoms with Crippen molar-refractivity contribution in [3.63, 3.8) is 0 Å². The Morgan fingerprint density at radius 3 is 2.12 bits per heavy atom. The molecule has 1 rings (SSSR count). The van der Waals surface area contributed by atoms with Crippen molar-refractivity contribution in [1.29, 1.82) is 0 Å². The summed E-state index contributed by atoms with van der Waals surface area (Å²) in [7, 11) is 0. The van der Waals surface area contributed by atoms with Gasteiger partial charge in [-0.25, -0.2) is 4.79 Å². The van der Waals surface area contributed by atoms with Crippen LogP contribution in [-0.2, 0) is 36.8 Å². The van der Waals surface area contributed by atoms with Gasteiger partial charge in [-0.05, 0) is 32.8 Å². The van der Waals surface area contributed by atoms with Crippen LogP contribution in [0.2, 0.25) is 0 Å². The zero-order chi connectivity index (χ0) is 19.0. The van der Waals surface area contributed by atoms with Gasteiger partial charge in [0.15, 0.2) is 5.78 Å². The molecule has 0 bridgehead atoms. The van der Waals surface area contributed by atoms with Crippen LogP contribution < -0.4 is 0 Å². The summed E-state index contributed by atoms with van der Waals surface area (Å²) in [6.45, 7) is 6.14. The highest BCUT2D eigenvalue weighted by molar-refractivity contribution is 6.01. The summed E-state index contributed by atoms with van der Waals surface area (Å²) in [6.07, 6.45) is 0.129. The largest absolute Gasteiger partial charge is 0.466 e. The topological polar surface area (TPSA) is 112 Å². The Morgan fingerprint density at radius 2 is 1.60 bits per heavy atom. The van der Waals surface area contributed by atoms with Crippen LogP contribution in [0, 0.1) is 0 Å². The van der Waals surface area contributed by atoms with E-state index >= 15 is 0 Å². The van der Waals surface area contributed by atoms with Crippen molar-refractivity contribution in [3.05, 3.63) is 22.5 Å². The number of esters is 3. The van der Waals surface area contributed by atoms with Gasteiger partial charge in [-0.3, -0.25) is 14.4 Å². The molecule has 0 saturated carbocycles. The third-order valence-electron chi connectivity index (χ3n) is 3.32. The standard InChI is InChI=1S/C17H23NO7/c1-5-23-14(21)8-7-12-15(10(3)19)13(9-25-11(4)20)18-16(12)17(22)24-6-2/h18H,5-9H2,1-4H3. The second-order valence-corrected chi connectivity index (χ2v) is 5.19. The second kappa shape index (κ2) is 9.61. The molecule has 0 aliphatic heterocycles. The number of hydrogen-bond acceptors (Lipinski definition) is 7. The fourth-order valence-electron chi connectivity index (χ4n) is 2.39. The normalized spacial score (nSPS) is 10.2. The van der Waals surface area contributed by atoms with Gasteiger partial charge in [-0.2, -0.15) is 0 Å². The number of carbonyl (C=O) groups excluding carboxylic acids is 4. The van der Waals surface area contributed by atoms with E-state index in [1.54, 1.807) is 13.8 Å². The van der Waals surface area contributed by atoms with E-state index in [1.807, 2.05) is 0 Å². The maximum absolute atomic E-state index is 12.2. The van der Waals surface area contributed by atoms with E-state index in [-0.39, 0.29) is 49.7 Å². The second-order valence-electron chi connectivity index (χ2n) is 5.19. The number of nitrogens with one attached hydrogen (secondary N) is 1. The average Bonchev–Trinajstić information content (AvgIpc) is 2.90. The van der Waals surface area contributed by atoms with E-state index in [9.17, 15) is 19.2 Å². The lowest BCUT2D eigenvalue weighted by Gasteiger charge is -2.06. The van der Waals surface area contributed by atoms with Crippen molar-refractivity contribution in [2.45, 2.75) is 47.1 Å². The maximum Gasteiger partial charge on any atom is 0.355 e. The minimum atomic E-state index is -0.641. The number of aromatic amines is 1. The Bertz CT molecular complexity index is 660. The summed E-state index contributed by atoms with van der Waals surface area (Å²) < 4.78 is 14.8. The van der Waals surface area contributed by atoms with Gasteiger partial charge in [0.2, 0.25) is 0 Å². The monoisotopic (exact) mass is 353 g/mol. The van der Waals surface area contributed by atoms with E-state index in [2.05, 4.69) is 4.98 Å². The summed E-state index contributed by atoms with van der Waals surface area (Å²) in [6, 6.07) is 0. The first-order valence-electron chi connectivity index (χ1n) is 8.02. The molecule has 8 nitrogen and oxygen atoms in total. The predicted molar refractivity (Wildman–Crippen MR) is 87.2 cm³/mol. The van der Waals surface area contributed by atoms with E-state index in [0.29, 0.717) is 11.3 Å². The maximum atomic E-state index is 12.2. The molecular formula is C17H23NO7. The van der Waals surface area contributed by atoms with Crippen LogP contribution in [0.4, 0.5) is 0 Å². The highest BCUT2D eigenvalue weighted by Gasteiger charge is 2.26. The summed E-state index contributed by atoms with van der Waals surface area (Å²) in [5.74, 6) is -1.91. The molecule has 0 atom stereocenters. The molecule has 1 aromatic rings. The molecule has 0 saturated heterocycles. The number of Topliss-reactive ketones (excluding diaryl/α,β-unsaturated/α-hetero) is 1. The van der Waals surface area contributed by atoms with Crippen LogP contribution in [0.1, 0.15) is 66.2 Å². The third-order valence-corrected chi connectivity index (χ3v) is 3.32. The molecule has 0 radical (unpaired) electrons. The van der Waals surface area contributed by atoms with Gasteiger partial charge in [0.1, 0.15) is 12.3 Å². The molecule has 1 heterocycles. The van der Waals surface area contributed by atoms with Crippen LogP contribution in [0.15, 0.2) is 0 Å². The molecule has 0 spiro atoms. The van der Waals surface area contributed by atoms with Crippen LogP contribution in [-0.4, -0.2) is 41.9 Å². The van der Waals surface area contributed by atoms with Crippen molar-refractivity contribution in [2.75, 3.05) is 13.2 Å². The van der Waals surface area contributed by atoms with Crippen molar-refractivity contribution >= 4 is 23.7 Å². The van der Waals surface area contributed by atoms with Gasteiger partial charge in [-0.1, -0.05) is 0 Å². The van der Waals surface area contributed by atoms with Gasteiger partial charge in [0, 0.05) is 18.9 Å². The lowest BCUT2D eigenvalue weighted by atomic mass is 10.0. The lowest BCUT2D eigenvalue weighted by Crippen LogP contribution is -2.12. The molecular weight excluding hydrogens is 330 g/mol. The number of ketones is 1. The Hall–Kier alpha value is -2.64. The minimum Gasteiger partial charge on any atom is -0.466 e. The molecule has 0 aliphatic rings. The molecule has 0 aliphatic carbocycles. The summed E-state index contributed by atoms with van der Waals surface area (Å²) >= 11 is 0. The van der Waals surface area contributed by atoms with Crippen LogP contribution in [0.25, 0.3) is 0 Å².